The summed E-state index contributed by atoms with van der Waals surface area (Å²) in [6, 6.07) is 6.27. The Balaban J connectivity index is 2.36. The molecule has 0 heterocycles. The first kappa shape index (κ1) is 9.53. The van der Waals surface area contributed by atoms with E-state index in [1.807, 2.05) is 6.07 Å². The fourth-order valence-electron chi connectivity index (χ4n) is 2.09. The van der Waals surface area contributed by atoms with Gasteiger partial charge in [0.2, 0.25) is 0 Å². The van der Waals surface area contributed by atoms with Gasteiger partial charge in [0, 0.05) is 12.0 Å². The van der Waals surface area contributed by atoms with Crippen LogP contribution in [0.5, 0.6) is 5.75 Å². The number of ether oxygens (including phenoxy) is 1. The van der Waals surface area contributed by atoms with Crippen LogP contribution in [0.4, 0.5) is 0 Å². The van der Waals surface area contributed by atoms with Gasteiger partial charge in [0.25, 0.3) is 0 Å². The van der Waals surface area contributed by atoms with Crippen LogP contribution in [0.3, 0.4) is 0 Å². The molecule has 1 aromatic carbocycles. The number of benzene rings is 1. The molecule has 0 amide bonds. The third-order valence-corrected chi connectivity index (χ3v) is 3.25. The van der Waals surface area contributed by atoms with Crippen molar-refractivity contribution in [3.63, 3.8) is 0 Å². The lowest BCUT2D eigenvalue weighted by atomic mass is 9.92. The molecule has 0 spiro atoms. The number of aryl methyl sites for hydroxylation is 1. The van der Waals surface area contributed by atoms with Gasteiger partial charge in [-0.25, -0.2) is 0 Å². The average Bonchev–Trinajstić information content (AvgIpc) is 2.98. The Hall–Kier alpha value is -1.02. The highest BCUT2D eigenvalue weighted by molar-refractivity contribution is 5.42. The van der Waals surface area contributed by atoms with E-state index in [-0.39, 0.29) is 5.41 Å². The zero-order chi connectivity index (χ0) is 10.2. The van der Waals surface area contributed by atoms with Gasteiger partial charge in [0.05, 0.1) is 7.11 Å². The van der Waals surface area contributed by atoms with Gasteiger partial charge < -0.3 is 10.5 Å². The van der Waals surface area contributed by atoms with Gasteiger partial charge in [-0.2, -0.15) is 0 Å². The minimum Gasteiger partial charge on any atom is -0.497 e. The van der Waals surface area contributed by atoms with Crippen LogP contribution in [0, 0.1) is 6.92 Å². The molecule has 1 aliphatic carbocycles. The van der Waals surface area contributed by atoms with Gasteiger partial charge in [-0.05, 0) is 43.0 Å². The molecule has 2 heteroatoms. The molecular weight excluding hydrogens is 174 g/mol. The summed E-state index contributed by atoms with van der Waals surface area (Å²) in [5.74, 6) is 0.930. The van der Waals surface area contributed by atoms with Gasteiger partial charge in [0.15, 0.2) is 0 Å². The number of hydrogen-bond donors (Lipinski definition) is 1. The van der Waals surface area contributed by atoms with E-state index in [0.29, 0.717) is 0 Å². The van der Waals surface area contributed by atoms with Crippen molar-refractivity contribution in [1.82, 2.24) is 0 Å². The lowest BCUT2D eigenvalue weighted by molar-refractivity contribution is 0.414. The van der Waals surface area contributed by atoms with E-state index < -0.39 is 0 Å². The molecule has 0 radical (unpaired) electrons. The summed E-state index contributed by atoms with van der Waals surface area (Å²) in [6.07, 6.45) is 2.47. The van der Waals surface area contributed by atoms with Gasteiger partial charge in [-0.15, -0.1) is 0 Å². The topological polar surface area (TPSA) is 35.2 Å². The van der Waals surface area contributed by atoms with Crippen molar-refractivity contribution in [3.05, 3.63) is 29.3 Å². The second-order valence-electron chi connectivity index (χ2n) is 4.17. The average molecular weight is 191 g/mol. The van der Waals surface area contributed by atoms with Gasteiger partial charge in [-0.1, -0.05) is 6.07 Å². The van der Waals surface area contributed by atoms with Crippen LogP contribution in [0.2, 0.25) is 0 Å². The molecule has 1 saturated carbocycles. The third-order valence-electron chi connectivity index (χ3n) is 3.25. The highest BCUT2D eigenvalue weighted by atomic mass is 16.5. The Morgan fingerprint density at radius 1 is 1.43 bits per heavy atom. The standard InChI is InChI=1S/C12H17NO/c1-9-7-10(14-2)3-4-11(9)12(8-13)5-6-12/h3-4,7H,5-6,8,13H2,1-2H3. The van der Waals surface area contributed by atoms with Gasteiger partial charge in [-0.3, -0.25) is 0 Å². The normalized spacial score (nSPS) is 17.9. The molecule has 76 valence electrons. The summed E-state index contributed by atoms with van der Waals surface area (Å²) < 4.78 is 5.19. The molecule has 2 N–H and O–H groups in total. The molecule has 2 nitrogen and oxygen atoms in total. The van der Waals surface area contributed by atoms with E-state index in [1.54, 1.807) is 7.11 Å². The van der Waals surface area contributed by atoms with E-state index in [0.717, 1.165) is 12.3 Å². The maximum atomic E-state index is 5.81. The Morgan fingerprint density at radius 2 is 2.14 bits per heavy atom. The highest BCUT2D eigenvalue weighted by Gasteiger charge is 2.43. The first-order valence-corrected chi connectivity index (χ1v) is 5.07. The Kier molecular flexibility index (Phi) is 2.23. The fraction of sp³-hybridized carbons (Fsp3) is 0.500. The summed E-state index contributed by atoms with van der Waals surface area (Å²) in [5.41, 5.74) is 8.80. The van der Waals surface area contributed by atoms with Crippen molar-refractivity contribution in [2.75, 3.05) is 13.7 Å². The van der Waals surface area contributed by atoms with Crippen molar-refractivity contribution < 1.29 is 4.74 Å². The van der Waals surface area contributed by atoms with E-state index >= 15 is 0 Å². The Labute approximate surface area is 85.1 Å². The van der Waals surface area contributed by atoms with Crippen LogP contribution < -0.4 is 10.5 Å². The number of rotatable bonds is 3. The van der Waals surface area contributed by atoms with Crippen LogP contribution in [0.15, 0.2) is 18.2 Å². The second-order valence-corrected chi connectivity index (χ2v) is 4.17. The number of hydrogen-bond acceptors (Lipinski definition) is 2. The molecule has 0 saturated heterocycles. The SMILES string of the molecule is COc1ccc(C2(CN)CC2)c(C)c1. The maximum absolute atomic E-state index is 5.81. The van der Waals surface area contributed by atoms with E-state index in [4.69, 9.17) is 10.5 Å². The molecule has 0 aliphatic heterocycles. The van der Waals surface area contributed by atoms with E-state index in [2.05, 4.69) is 19.1 Å². The summed E-state index contributed by atoms with van der Waals surface area (Å²) in [4.78, 5) is 0. The predicted molar refractivity (Wildman–Crippen MR) is 57.7 cm³/mol. The third kappa shape index (κ3) is 1.40. The highest BCUT2D eigenvalue weighted by Crippen LogP contribution is 2.48. The van der Waals surface area contributed by atoms with Crippen molar-refractivity contribution in [3.8, 4) is 5.75 Å². The van der Waals surface area contributed by atoms with E-state index in [1.165, 1.54) is 24.0 Å². The molecule has 2 rings (SSSR count). The van der Waals surface area contributed by atoms with Crippen molar-refractivity contribution in [1.29, 1.82) is 0 Å². The largest absolute Gasteiger partial charge is 0.497 e. The summed E-state index contributed by atoms with van der Waals surface area (Å²) in [7, 11) is 1.70. The minimum absolute atomic E-state index is 0.288. The Morgan fingerprint density at radius 3 is 2.57 bits per heavy atom. The number of nitrogens with two attached hydrogens (primary N) is 1. The molecule has 0 atom stereocenters. The van der Waals surface area contributed by atoms with Gasteiger partial charge in [0.1, 0.15) is 5.75 Å². The van der Waals surface area contributed by atoms with Crippen LogP contribution in [-0.2, 0) is 5.41 Å². The molecule has 14 heavy (non-hydrogen) atoms. The van der Waals surface area contributed by atoms with Crippen molar-refractivity contribution in [2.45, 2.75) is 25.2 Å². The van der Waals surface area contributed by atoms with Crippen LogP contribution in [-0.4, -0.2) is 13.7 Å². The first-order chi connectivity index (χ1) is 6.72. The maximum Gasteiger partial charge on any atom is 0.119 e. The Bertz CT molecular complexity index is 342. The lowest BCUT2D eigenvalue weighted by Crippen LogP contribution is -2.20. The predicted octanol–water partition coefficient (Wildman–Crippen LogP) is 1.99. The molecule has 0 bridgehead atoms. The molecular formula is C12H17NO. The lowest BCUT2D eigenvalue weighted by Gasteiger charge is -2.16. The fourth-order valence-corrected chi connectivity index (χ4v) is 2.09. The summed E-state index contributed by atoms with van der Waals surface area (Å²) in [6.45, 7) is 2.90. The molecule has 0 unspecified atom stereocenters. The zero-order valence-corrected chi connectivity index (χ0v) is 8.84. The quantitative estimate of drug-likeness (QED) is 0.793. The number of methoxy groups -OCH3 is 1. The summed E-state index contributed by atoms with van der Waals surface area (Å²) >= 11 is 0. The molecule has 1 fully saturated rings. The van der Waals surface area contributed by atoms with Crippen molar-refractivity contribution in [2.24, 2.45) is 5.73 Å². The smallest absolute Gasteiger partial charge is 0.119 e. The summed E-state index contributed by atoms with van der Waals surface area (Å²) in [5, 5.41) is 0. The van der Waals surface area contributed by atoms with Crippen molar-refractivity contribution >= 4 is 0 Å². The van der Waals surface area contributed by atoms with Crippen LogP contribution in [0.1, 0.15) is 24.0 Å². The van der Waals surface area contributed by atoms with Gasteiger partial charge >= 0.3 is 0 Å². The molecule has 1 aliphatic rings. The van der Waals surface area contributed by atoms with Crippen LogP contribution in [0.25, 0.3) is 0 Å². The van der Waals surface area contributed by atoms with Crippen LogP contribution >= 0.6 is 0 Å². The monoisotopic (exact) mass is 191 g/mol. The minimum atomic E-state index is 0.288. The first-order valence-electron chi connectivity index (χ1n) is 5.07. The molecule has 1 aromatic rings. The zero-order valence-electron chi connectivity index (χ0n) is 8.84. The molecule has 0 aromatic heterocycles. The second kappa shape index (κ2) is 3.28. The van der Waals surface area contributed by atoms with E-state index in [9.17, 15) is 0 Å².